The molecule has 3 nitrogen and oxygen atoms in total. The molecule has 16 heavy (non-hydrogen) atoms. The number of benzene rings is 1. The van der Waals surface area contributed by atoms with Crippen molar-refractivity contribution in [3.05, 3.63) is 29.3 Å². The Kier molecular flexibility index (Phi) is 3.58. The molecule has 1 aromatic carbocycles. The Morgan fingerprint density at radius 1 is 1.19 bits per heavy atom. The van der Waals surface area contributed by atoms with E-state index < -0.39 is 0 Å². The molecule has 0 unspecified atom stereocenters. The number of hydrogen-bond donors (Lipinski definition) is 2. The first-order valence-electron chi connectivity index (χ1n) is 5.44. The summed E-state index contributed by atoms with van der Waals surface area (Å²) in [5.74, 6) is 0. The number of urea groups is 1. The number of aryl methyl sites for hydroxylation is 2. The van der Waals surface area contributed by atoms with E-state index in [1.54, 1.807) is 0 Å². The first-order valence-corrected chi connectivity index (χ1v) is 5.44. The lowest BCUT2D eigenvalue weighted by atomic mass is 10.1. The number of amides is 2. The Hall–Kier alpha value is -1.51. The minimum atomic E-state index is -0.220. The van der Waals surface area contributed by atoms with Gasteiger partial charge in [0.2, 0.25) is 0 Å². The van der Waals surface area contributed by atoms with Crippen LogP contribution in [0.1, 0.15) is 31.9 Å². The monoisotopic (exact) mass is 220 g/mol. The van der Waals surface area contributed by atoms with Gasteiger partial charge in [0.25, 0.3) is 0 Å². The third kappa shape index (κ3) is 3.93. The van der Waals surface area contributed by atoms with Crippen LogP contribution in [0.4, 0.5) is 10.5 Å². The zero-order valence-electron chi connectivity index (χ0n) is 10.6. The molecule has 0 saturated carbocycles. The predicted molar refractivity (Wildman–Crippen MR) is 67.8 cm³/mol. The Morgan fingerprint density at radius 3 is 2.31 bits per heavy atom. The average Bonchev–Trinajstić information content (AvgIpc) is 2.06. The van der Waals surface area contributed by atoms with Gasteiger partial charge in [0.15, 0.2) is 0 Å². The number of carbonyl (C=O) groups is 1. The highest BCUT2D eigenvalue weighted by molar-refractivity contribution is 5.90. The Labute approximate surface area is 97.2 Å². The highest BCUT2D eigenvalue weighted by Gasteiger charge is 2.13. The van der Waals surface area contributed by atoms with Crippen molar-refractivity contribution in [3.8, 4) is 0 Å². The van der Waals surface area contributed by atoms with Gasteiger partial charge in [0.1, 0.15) is 0 Å². The number of hydrogen-bond acceptors (Lipinski definition) is 1. The minimum absolute atomic E-state index is 0.167. The minimum Gasteiger partial charge on any atom is -0.333 e. The van der Waals surface area contributed by atoms with Crippen LogP contribution in [0.5, 0.6) is 0 Å². The maximum absolute atomic E-state index is 11.6. The van der Waals surface area contributed by atoms with Crippen molar-refractivity contribution in [2.45, 2.75) is 40.2 Å². The summed E-state index contributed by atoms with van der Waals surface area (Å²) in [4.78, 5) is 11.6. The summed E-state index contributed by atoms with van der Waals surface area (Å²) in [6.07, 6.45) is 0. The van der Waals surface area contributed by atoms with Gasteiger partial charge in [-0.1, -0.05) is 17.7 Å². The van der Waals surface area contributed by atoms with E-state index >= 15 is 0 Å². The van der Waals surface area contributed by atoms with Gasteiger partial charge in [-0.3, -0.25) is 0 Å². The first kappa shape index (κ1) is 12.6. The van der Waals surface area contributed by atoms with Crippen LogP contribution in [0.3, 0.4) is 0 Å². The standard InChI is InChI=1S/C13H20N2O/c1-9-6-7-11(10(2)8-9)14-12(16)15-13(3,4)5/h6-8H,1-5H3,(H2,14,15,16). The van der Waals surface area contributed by atoms with Crippen LogP contribution in [0.15, 0.2) is 18.2 Å². The molecule has 0 fully saturated rings. The lowest BCUT2D eigenvalue weighted by Crippen LogP contribution is -2.43. The third-order valence-corrected chi connectivity index (χ3v) is 2.12. The molecule has 3 heteroatoms. The van der Waals surface area contributed by atoms with Crippen molar-refractivity contribution in [1.82, 2.24) is 5.32 Å². The fourth-order valence-corrected chi connectivity index (χ4v) is 1.45. The van der Waals surface area contributed by atoms with Crippen molar-refractivity contribution in [2.75, 3.05) is 5.32 Å². The van der Waals surface area contributed by atoms with Gasteiger partial charge >= 0.3 is 6.03 Å². The van der Waals surface area contributed by atoms with Crippen molar-refractivity contribution < 1.29 is 4.79 Å². The summed E-state index contributed by atoms with van der Waals surface area (Å²) >= 11 is 0. The van der Waals surface area contributed by atoms with Gasteiger partial charge in [0.05, 0.1) is 0 Å². The molecule has 0 bridgehead atoms. The third-order valence-electron chi connectivity index (χ3n) is 2.12. The highest BCUT2D eigenvalue weighted by Crippen LogP contribution is 2.16. The van der Waals surface area contributed by atoms with E-state index in [0.717, 1.165) is 11.3 Å². The molecule has 0 radical (unpaired) electrons. The van der Waals surface area contributed by atoms with E-state index in [-0.39, 0.29) is 11.6 Å². The van der Waals surface area contributed by atoms with E-state index in [1.165, 1.54) is 5.56 Å². The molecule has 0 aliphatic heterocycles. The normalized spacial score (nSPS) is 11.1. The molecule has 0 aliphatic rings. The molecule has 0 saturated heterocycles. The zero-order chi connectivity index (χ0) is 12.3. The number of carbonyl (C=O) groups excluding carboxylic acids is 1. The van der Waals surface area contributed by atoms with E-state index in [0.29, 0.717) is 0 Å². The lowest BCUT2D eigenvalue weighted by molar-refractivity contribution is 0.244. The summed E-state index contributed by atoms with van der Waals surface area (Å²) in [7, 11) is 0. The molecule has 0 aliphatic carbocycles. The fourth-order valence-electron chi connectivity index (χ4n) is 1.45. The molecule has 0 aromatic heterocycles. The van der Waals surface area contributed by atoms with Gasteiger partial charge in [-0.15, -0.1) is 0 Å². The van der Waals surface area contributed by atoms with Gasteiger partial charge in [-0.2, -0.15) is 0 Å². The van der Waals surface area contributed by atoms with Gasteiger partial charge in [-0.05, 0) is 46.2 Å². The summed E-state index contributed by atoms with van der Waals surface area (Å²) in [5, 5.41) is 5.70. The Balaban J connectivity index is 2.70. The van der Waals surface area contributed by atoms with Crippen molar-refractivity contribution in [3.63, 3.8) is 0 Å². The summed E-state index contributed by atoms with van der Waals surface area (Å²) < 4.78 is 0. The maximum Gasteiger partial charge on any atom is 0.319 e. The molecular formula is C13H20N2O. The number of anilines is 1. The van der Waals surface area contributed by atoms with Crippen LogP contribution in [-0.2, 0) is 0 Å². The van der Waals surface area contributed by atoms with Gasteiger partial charge in [0, 0.05) is 11.2 Å². The number of rotatable bonds is 1. The highest BCUT2D eigenvalue weighted by atomic mass is 16.2. The van der Waals surface area contributed by atoms with Crippen LogP contribution in [0, 0.1) is 13.8 Å². The van der Waals surface area contributed by atoms with Crippen LogP contribution in [0.25, 0.3) is 0 Å². The molecule has 0 atom stereocenters. The van der Waals surface area contributed by atoms with Crippen LogP contribution >= 0.6 is 0 Å². The molecule has 0 heterocycles. The molecule has 2 N–H and O–H groups in total. The molecule has 1 rings (SSSR count). The second-order valence-electron chi connectivity index (χ2n) is 5.15. The topological polar surface area (TPSA) is 41.1 Å². The zero-order valence-corrected chi connectivity index (χ0v) is 10.6. The summed E-state index contributed by atoms with van der Waals surface area (Å²) in [5.41, 5.74) is 2.90. The van der Waals surface area contributed by atoms with E-state index in [4.69, 9.17) is 0 Å². The molecule has 88 valence electrons. The van der Waals surface area contributed by atoms with Gasteiger partial charge < -0.3 is 10.6 Å². The molecular weight excluding hydrogens is 200 g/mol. The largest absolute Gasteiger partial charge is 0.333 e. The van der Waals surface area contributed by atoms with Crippen molar-refractivity contribution in [1.29, 1.82) is 0 Å². The molecule has 2 amide bonds. The second kappa shape index (κ2) is 4.56. The van der Waals surface area contributed by atoms with Crippen LogP contribution in [0.2, 0.25) is 0 Å². The Bertz CT molecular complexity index is 391. The molecule has 0 spiro atoms. The summed E-state index contributed by atoms with van der Waals surface area (Å²) in [6, 6.07) is 5.79. The summed E-state index contributed by atoms with van der Waals surface area (Å²) in [6.45, 7) is 9.88. The smallest absolute Gasteiger partial charge is 0.319 e. The fraction of sp³-hybridized carbons (Fsp3) is 0.462. The Morgan fingerprint density at radius 2 is 1.81 bits per heavy atom. The first-order chi connectivity index (χ1) is 7.28. The maximum atomic E-state index is 11.6. The lowest BCUT2D eigenvalue weighted by Gasteiger charge is -2.21. The van der Waals surface area contributed by atoms with Crippen LogP contribution in [-0.4, -0.2) is 11.6 Å². The SMILES string of the molecule is Cc1ccc(NC(=O)NC(C)(C)C)c(C)c1. The van der Waals surface area contributed by atoms with Crippen LogP contribution < -0.4 is 10.6 Å². The van der Waals surface area contributed by atoms with E-state index in [9.17, 15) is 4.79 Å². The second-order valence-corrected chi connectivity index (χ2v) is 5.15. The van der Waals surface area contributed by atoms with E-state index in [1.807, 2.05) is 52.8 Å². The quantitative estimate of drug-likeness (QED) is 0.749. The predicted octanol–water partition coefficient (Wildman–Crippen LogP) is 3.22. The molecule has 1 aromatic rings. The van der Waals surface area contributed by atoms with E-state index in [2.05, 4.69) is 10.6 Å². The number of nitrogens with one attached hydrogen (secondary N) is 2. The van der Waals surface area contributed by atoms with Crippen molar-refractivity contribution in [2.24, 2.45) is 0 Å². The van der Waals surface area contributed by atoms with Gasteiger partial charge in [-0.25, -0.2) is 4.79 Å². The van der Waals surface area contributed by atoms with Crippen molar-refractivity contribution >= 4 is 11.7 Å². The average molecular weight is 220 g/mol.